The Morgan fingerprint density at radius 2 is 2.19 bits per heavy atom. The van der Waals surface area contributed by atoms with E-state index in [1.807, 2.05) is 12.2 Å². The summed E-state index contributed by atoms with van der Waals surface area (Å²) < 4.78 is 0. The lowest BCUT2D eigenvalue weighted by atomic mass is 9.42. The monoisotopic (exact) mass is 348 g/mol. The van der Waals surface area contributed by atoms with Crippen molar-refractivity contribution < 1.29 is 9.90 Å². The average molecular weight is 348 g/mol. The van der Waals surface area contributed by atoms with Gasteiger partial charge in [0.2, 0.25) is 0 Å². The minimum atomic E-state index is -1.12. The van der Waals surface area contributed by atoms with Gasteiger partial charge < -0.3 is 5.11 Å². The predicted octanol–water partition coefficient (Wildman–Crippen LogP) is 4.36. The summed E-state index contributed by atoms with van der Waals surface area (Å²) in [4.78, 5) is 12.1. The Kier molecular flexibility index (Phi) is 3.33. The van der Waals surface area contributed by atoms with E-state index in [0.717, 1.165) is 38.5 Å². The molecule has 0 heterocycles. The molecule has 2 fully saturated rings. The van der Waals surface area contributed by atoms with Crippen LogP contribution in [0.2, 0.25) is 0 Å². The van der Waals surface area contributed by atoms with E-state index in [2.05, 4.69) is 25.0 Å². The minimum absolute atomic E-state index is 0.200. The van der Waals surface area contributed by atoms with E-state index < -0.39 is 5.60 Å². The lowest BCUT2D eigenvalue weighted by Crippen LogP contribution is -2.58. The van der Waals surface area contributed by atoms with Crippen molar-refractivity contribution in [3.05, 3.63) is 35.5 Å². The Hall–Kier alpha value is -1.59. The molecule has 0 amide bonds. The largest absolute Gasteiger partial charge is 0.373 e. The Bertz CT molecular complexity index is 809. The van der Waals surface area contributed by atoms with Crippen molar-refractivity contribution >= 4 is 5.78 Å². The molecule has 5 rings (SSSR count). The molecule has 0 aromatic carbocycles. The maximum Gasteiger partial charge on any atom is 0.155 e. The van der Waals surface area contributed by atoms with E-state index >= 15 is 0 Å². The molecular weight excluding hydrogens is 320 g/mol. The van der Waals surface area contributed by atoms with Crippen LogP contribution in [0.25, 0.3) is 0 Å². The summed E-state index contributed by atoms with van der Waals surface area (Å²) in [5.74, 6) is 4.50. The van der Waals surface area contributed by atoms with Gasteiger partial charge in [-0.15, -0.1) is 6.42 Å². The van der Waals surface area contributed by atoms with Crippen LogP contribution in [0.3, 0.4) is 0 Å². The molecule has 6 atom stereocenters. The number of allylic oxidation sites excluding steroid dienone is 5. The van der Waals surface area contributed by atoms with Crippen molar-refractivity contribution in [1.29, 1.82) is 0 Å². The summed E-state index contributed by atoms with van der Waals surface area (Å²) in [5.41, 5.74) is 1.78. The number of ketones is 1. The highest BCUT2D eigenvalue weighted by molar-refractivity contribution is 5.91. The van der Waals surface area contributed by atoms with Crippen molar-refractivity contribution in [3.8, 4) is 12.3 Å². The first-order valence-electron chi connectivity index (χ1n) is 10.3. The Balaban J connectivity index is 1.66. The molecule has 0 bridgehead atoms. The van der Waals surface area contributed by atoms with Gasteiger partial charge in [-0.05, 0) is 80.3 Å². The SMILES string of the molecule is C#C[C@]1(O)C=CC2C3CCC4=CC(=O)CC[C@@]45CCC=C(C[C@@]21CC)C35. The lowest BCUT2D eigenvalue weighted by Gasteiger charge is -2.62. The fourth-order valence-electron chi connectivity index (χ4n) is 7.61. The van der Waals surface area contributed by atoms with Gasteiger partial charge in [0, 0.05) is 11.8 Å². The molecule has 0 aromatic heterocycles. The summed E-state index contributed by atoms with van der Waals surface area (Å²) in [6, 6.07) is 0. The number of hydrogen-bond acceptors (Lipinski definition) is 2. The quantitative estimate of drug-likeness (QED) is 0.565. The van der Waals surface area contributed by atoms with E-state index in [1.54, 1.807) is 0 Å². The standard InChI is InChI=1S/C24H28O2/c1-3-23-15-16-6-5-11-22-12-9-18(25)14-17(22)7-8-19(21(16)22)20(23)10-13-24(23,26)4-2/h2,6,10,13-14,19-21,26H,3,5,7-9,11-12,15H2,1H3/t19?,20?,21?,22-,23-,24-/m0/s1. The first-order valence-corrected chi connectivity index (χ1v) is 10.3. The summed E-state index contributed by atoms with van der Waals surface area (Å²) in [6.07, 6.45) is 22.4. The van der Waals surface area contributed by atoms with Crippen LogP contribution in [0, 0.1) is 40.9 Å². The van der Waals surface area contributed by atoms with E-state index in [9.17, 15) is 9.90 Å². The first-order chi connectivity index (χ1) is 12.5. The highest BCUT2D eigenvalue weighted by Gasteiger charge is 2.65. The number of aliphatic hydroxyl groups is 1. The molecule has 1 N–H and O–H groups in total. The van der Waals surface area contributed by atoms with Gasteiger partial charge in [0.1, 0.15) is 5.60 Å². The second-order valence-electron chi connectivity index (χ2n) is 9.27. The number of fused-ring (bicyclic) bond motifs is 2. The minimum Gasteiger partial charge on any atom is -0.373 e. The van der Waals surface area contributed by atoms with Gasteiger partial charge in [-0.2, -0.15) is 0 Å². The Morgan fingerprint density at radius 1 is 1.35 bits per heavy atom. The zero-order valence-corrected chi connectivity index (χ0v) is 15.6. The molecule has 5 aliphatic carbocycles. The molecule has 2 saturated carbocycles. The highest BCUT2D eigenvalue weighted by atomic mass is 16.3. The highest BCUT2D eigenvalue weighted by Crippen LogP contribution is 2.70. The topological polar surface area (TPSA) is 37.3 Å². The molecule has 0 aliphatic heterocycles. The molecule has 2 heteroatoms. The molecule has 0 saturated heterocycles. The van der Waals surface area contributed by atoms with Crippen molar-refractivity contribution in [3.63, 3.8) is 0 Å². The van der Waals surface area contributed by atoms with Crippen LogP contribution in [-0.4, -0.2) is 16.5 Å². The van der Waals surface area contributed by atoms with Gasteiger partial charge in [-0.1, -0.05) is 36.1 Å². The van der Waals surface area contributed by atoms with E-state index in [0.29, 0.717) is 30.0 Å². The summed E-state index contributed by atoms with van der Waals surface area (Å²) >= 11 is 0. The first kappa shape index (κ1) is 16.6. The second kappa shape index (κ2) is 5.23. The summed E-state index contributed by atoms with van der Waals surface area (Å²) in [7, 11) is 0. The van der Waals surface area contributed by atoms with Gasteiger partial charge in [-0.25, -0.2) is 0 Å². The smallest absolute Gasteiger partial charge is 0.155 e. The zero-order chi connectivity index (χ0) is 18.2. The summed E-state index contributed by atoms with van der Waals surface area (Å²) in [5, 5.41) is 11.3. The van der Waals surface area contributed by atoms with Crippen molar-refractivity contribution in [1.82, 2.24) is 0 Å². The van der Waals surface area contributed by atoms with Crippen LogP contribution in [0.5, 0.6) is 0 Å². The fourth-order valence-corrected chi connectivity index (χ4v) is 7.61. The van der Waals surface area contributed by atoms with E-state index in [4.69, 9.17) is 6.42 Å². The third kappa shape index (κ3) is 1.76. The van der Waals surface area contributed by atoms with Crippen LogP contribution < -0.4 is 0 Å². The van der Waals surface area contributed by atoms with Gasteiger partial charge in [0.05, 0.1) is 0 Å². The molecule has 1 spiro atoms. The van der Waals surface area contributed by atoms with Crippen molar-refractivity contribution in [2.75, 3.05) is 0 Å². The molecule has 5 aliphatic rings. The van der Waals surface area contributed by atoms with Crippen LogP contribution in [0.4, 0.5) is 0 Å². The molecule has 3 unspecified atom stereocenters. The molecule has 0 radical (unpaired) electrons. The molecule has 136 valence electrons. The van der Waals surface area contributed by atoms with Crippen LogP contribution >= 0.6 is 0 Å². The fraction of sp³-hybridized carbons (Fsp3) is 0.625. The van der Waals surface area contributed by atoms with Gasteiger partial charge >= 0.3 is 0 Å². The predicted molar refractivity (Wildman–Crippen MR) is 102 cm³/mol. The third-order valence-electron chi connectivity index (χ3n) is 8.73. The van der Waals surface area contributed by atoms with E-state index in [1.165, 1.54) is 17.6 Å². The van der Waals surface area contributed by atoms with Gasteiger partial charge in [0.25, 0.3) is 0 Å². The zero-order valence-electron chi connectivity index (χ0n) is 15.6. The number of rotatable bonds is 1. The van der Waals surface area contributed by atoms with Gasteiger partial charge in [-0.3, -0.25) is 4.79 Å². The van der Waals surface area contributed by atoms with Crippen molar-refractivity contribution in [2.45, 2.75) is 63.9 Å². The number of terminal acetylenes is 1. The van der Waals surface area contributed by atoms with Crippen molar-refractivity contribution in [2.24, 2.45) is 28.6 Å². The Labute approximate surface area is 156 Å². The normalized spacial score (nSPS) is 48.7. The van der Waals surface area contributed by atoms with Crippen LogP contribution in [-0.2, 0) is 4.79 Å². The lowest BCUT2D eigenvalue weighted by molar-refractivity contribution is -0.118. The molecule has 26 heavy (non-hydrogen) atoms. The number of carbonyl (C=O) groups excluding carboxylic acids is 1. The van der Waals surface area contributed by atoms with E-state index in [-0.39, 0.29) is 10.8 Å². The number of carbonyl (C=O) groups is 1. The number of hydrogen-bond donors (Lipinski definition) is 1. The Morgan fingerprint density at radius 3 is 2.96 bits per heavy atom. The van der Waals surface area contributed by atoms with Gasteiger partial charge in [0.15, 0.2) is 5.78 Å². The third-order valence-corrected chi connectivity index (χ3v) is 8.73. The average Bonchev–Trinajstić information content (AvgIpc) is 2.96. The second-order valence-corrected chi connectivity index (χ2v) is 9.27. The maximum atomic E-state index is 12.1. The molecular formula is C24H28O2. The van der Waals surface area contributed by atoms with Crippen LogP contribution in [0.1, 0.15) is 58.3 Å². The molecule has 0 aromatic rings. The molecule has 2 nitrogen and oxygen atoms in total. The maximum absolute atomic E-state index is 12.1. The summed E-state index contributed by atoms with van der Waals surface area (Å²) in [6.45, 7) is 2.19. The van der Waals surface area contributed by atoms with Crippen LogP contribution in [0.15, 0.2) is 35.5 Å².